The molecule has 1 unspecified atom stereocenters. The number of ether oxygens (including phenoxy) is 1. The first kappa shape index (κ1) is 16.5. The second-order valence-corrected chi connectivity index (χ2v) is 6.86. The van der Waals surface area contributed by atoms with E-state index in [0.717, 1.165) is 14.7 Å². The molecule has 2 aromatic carbocycles. The average molecular weight is 413 g/mol. The minimum absolute atomic E-state index is 0.0624. The standard InChI is InChI=1S/C17H19Br2NO/c1-10-7-11(2)16(15(8-10)21-4)17(20-3)13-9-12(18)5-6-14(13)19/h5-9,17,20H,1-4H3. The van der Waals surface area contributed by atoms with Crippen LogP contribution in [0.15, 0.2) is 39.3 Å². The van der Waals surface area contributed by atoms with Crippen LogP contribution in [0, 0.1) is 13.8 Å². The lowest BCUT2D eigenvalue weighted by molar-refractivity contribution is 0.404. The number of aryl methyl sites for hydroxylation is 2. The van der Waals surface area contributed by atoms with Crippen molar-refractivity contribution in [1.29, 1.82) is 0 Å². The zero-order valence-corrected chi connectivity index (χ0v) is 15.8. The third kappa shape index (κ3) is 3.50. The zero-order chi connectivity index (χ0) is 15.6. The number of nitrogens with one attached hydrogen (secondary N) is 1. The predicted octanol–water partition coefficient (Wildman–Crippen LogP) is 5.15. The van der Waals surface area contributed by atoms with Crippen molar-refractivity contribution in [2.45, 2.75) is 19.9 Å². The van der Waals surface area contributed by atoms with Crippen molar-refractivity contribution < 1.29 is 4.74 Å². The second kappa shape index (κ2) is 6.95. The van der Waals surface area contributed by atoms with Gasteiger partial charge in [0.15, 0.2) is 0 Å². The molecule has 2 rings (SSSR count). The van der Waals surface area contributed by atoms with Crippen LogP contribution in [0.1, 0.15) is 28.3 Å². The molecule has 1 N–H and O–H groups in total. The van der Waals surface area contributed by atoms with Crippen molar-refractivity contribution in [2.75, 3.05) is 14.2 Å². The molecular weight excluding hydrogens is 394 g/mol. The van der Waals surface area contributed by atoms with Gasteiger partial charge >= 0.3 is 0 Å². The van der Waals surface area contributed by atoms with Gasteiger partial charge in [-0.25, -0.2) is 0 Å². The Bertz CT molecular complexity index is 655. The summed E-state index contributed by atoms with van der Waals surface area (Å²) in [7, 11) is 3.69. The lowest BCUT2D eigenvalue weighted by Gasteiger charge is -2.24. The SMILES string of the molecule is CNC(c1cc(Br)ccc1Br)c1c(C)cc(C)cc1OC. The molecule has 0 saturated carbocycles. The van der Waals surface area contributed by atoms with Crippen LogP contribution in [0.3, 0.4) is 0 Å². The average Bonchev–Trinajstić information content (AvgIpc) is 2.44. The molecule has 0 aliphatic rings. The van der Waals surface area contributed by atoms with Crippen molar-refractivity contribution in [1.82, 2.24) is 5.32 Å². The first-order valence-corrected chi connectivity index (χ1v) is 8.34. The van der Waals surface area contributed by atoms with Gasteiger partial charge in [0.2, 0.25) is 0 Å². The number of methoxy groups -OCH3 is 1. The Morgan fingerprint density at radius 2 is 1.81 bits per heavy atom. The quantitative estimate of drug-likeness (QED) is 0.749. The molecule has 0 aliphatic heterocycles. The van der Waals surface area contributed by atoms with Crippen LogP contribution >= 0.6 is 31.9 Å². The highest BCUT2D eigenvalue weighted by Gasteiger charge is 2.21. The van der Waals surface area contributed by atoms with Crippen LogP contribution in [0.2, 0.25) is 0 Å². The molecule has 1 atom stereocenters. The summed E-state index contributed by atoms with van der Waals surface area (Å²) in [6.07, 6.45) is 0. The molecule has 0 heterocycles. The normalized spacial score (nSPS) is 12.3. The second-order valence-electron chi connectivity index (χ2n) is 5.09. The molecule has 0 aromatic heterocycles. The first-order valence-electron chi connectivity index (χ1n) is 6.75. The van der Waals surface area contributed by atoms with Crippen molar-refractivity contribution in [3.63, 3.8) is 0 Å². The van der Waals surface area contributed by atoms with Gasteiger partial charge in [0, 0.05) is 14.5 Å². The van der Waals surface area contributed by atoms with Crippen LogP contribution in [-0.4, -0.2) is 14.2 Å². The summed E-state index contributed by atoms with van der Waals surface area (Å²) in [6.45, 7) is 4.21. The number of halogens is 2. The minimum Gasteiger partial charge on any atom is -0.496 e. The number of rotatable bonds is 4. The van der Waals surface area contributed by atoms with Gasteiger partial charge in [-0.3, -0.25) is 0 Å². The van der Waals surface area contributed by atoms with E-state index in [4.69, 9.17) is 4.74 Å². The summed E-state index contributed by atoms with van der Waals surface area (Å²) in [5, 5.41) is 3.41. The van der Waals surface area contributed by atoms with Gasteiger partial charge in [0.1, 0.15) is 5.75 Å². The molecule has 4 heteroatoms. The fourth-order valence-corrected chi connectivity index (χ4v) is 3.52. The van der Waals surface area contributed by atoms with E-state index >= 15 is 0 Å². The number of hydrogen-bond donors (Lipinski definition) is 1. The van der Waals surface area contributed by atoms with Gasteiger partial charge < -0.3 is 10.1 Å². The summed E-state index contributed by atoms with van der Waals surface area (Å²) in [5.74, 6) is 0.915. The van der Waals surface area contributed by atoms with Gasteiger partial charge in [-0.2, -0.15) is 0 Å². The van der Waals surface area contributed by atoms with Gasteiger partial charge in [-0.15, -0.1) is 0 Å². The van der Waals surface area contributed by atoms with E-state index < -0.39 is 0 Å². The molecule has 112 valence electrons. The summed E-state index contributed by atoms with van der Waals surface area (Å²) < 4.78 is 7.75. The fraction of sp³-hybridized carbons (Fsp3) is 0.294. The lowest BCUT2D eigenvalue weighted by Crippen LogP contribution is -2.20. The Labute approximate surface area is 143 Å². The topological polar surface area (TPSA) is 21.3 Å². The third-order valence-electron chi connectivity index (χ3n) is 3.56. The molecule has 21 heavy (non-hydrogen) atoms. The monoisotopic (exact) mass is 411 g/mol. The molecular formula is C17H19Br2NO. The van der Waals surface area contributed by atoms with E-state index in [-0.39, 0.29) is 6.04 Å². The van der Waals surface area contributed by atoms with Crippen LogP contribution in [-0.2, 0) is 0 Å². The highest BCUT2D eigenvalue weighted by molar-refractivity contribution is 9.11. The van der Waals surface area contributed by atoms with E-state index in [2.05, 4.69) is 75.3 Å². The third-order valence-corrected chi connectivity index (χ3v) is 4.77. The molecule has 0 spiro atoms. The van der Waals surface area contributed by atoms with Crippen LogP contribution in [0.25, 0.3) is 0 Å². The van der Waals surface area contributed by atoms with Crippen LogP contribution < -0.4 is 10.1 Å². The fourth-order valence-electron chi connectivity index (χ4n) is 2.67. The van der Waals surface area contributed by atoms with Gasteiger partial charge in [0.05, 0.1) is 13.2 Å². The van der Waals surface area contributed by atoms with Gasteiger partial charge in [-0.05, 0) is 61.9 Å². The molecule has 0 fully saturated rings. The van der Waals surface area contributed by atoms with E-state index in [0.29, 0.717) is 0 Å². The minimum atomic E-state index is 0.0624. The maximum atomic E-state index is 5.61. The van der Waals surface area contributed by atoms with E-state index in [1.165, 1.54) is 22.3 Å². The Kier molecular flexibility index (Phi) is 5.47. The van der Waals surface area contributed by atoms with E-state index in [1.807, 2.05) is 13.1 Å². The molecule has 0 amide bonds. The Morgan fingerprint density at radius 3 is 2.43 bits per heavy atom. The highest BCUT2D eigenvalue weighted by atomic mass is 79.9. The van der Waals surface area contributed by atoms with Crippen molar-refractivity contribution in [3.05, 3.63) is 61.5 Å². The maximum Gasteiger partial charge on any atom is 0.124 e. The molecule has 0 bridgehead atoms. The lowest BCUT2D eigenvalue weighted by atomic mass is 9.93. The summed E-state index contributed by atoms with van der Waals surface area (Å²) in [4.78, 5) is 0. The van der Waals surface area contributed by atoms with E-state index in [1.54, 1.807) is 7.11 Å². The molecule has 2 nitrogen and oxygen atoms in total. The first-order chi connectivity index (χ1) is 9.97. The van der Waals surface area contributed by atoms with Crippen molar-refractivity contribution in [3.8, 4) is 5.75 Å². The molecule has 2 aromatic rings. The summed E-state index contributed by atoms with van der Waals surface area (Å²) in [5.41, 5.74) is 4.77. The Hall–Kier alpha value is -0.840. The van der Waals surface area contributed by atoms with Gasteiger partial charge in [0.25, 0.3) is 0 Å². The molecule has 0 radical (unpaired) electrons. The number of benzene rings is 2. The molecule has 0 aliphatic carbocycles. The Morgan fingerprint density at radius 1 is 1.10 bits per heavy atom. The van der Waals surface area contributed by atoms with Gasteiger partial charge in [-0.1, -0.05) is 37.9 Å². The van der Waals surface area contributed by atoms with Crippen LogP contribution in [0.4, 0.5) is 0 Å². The maximum absolute atomic E-state index is 5.61. The largest absolute Gasteiger partial charge is 0.496 e. The summed E-state index contributed by atoms with van der Waals surface area (Å²) in [6, 6.07) is 10.5. The highest BCUT2D eigenvalue weighted by Crippen LogP contribution is 2.37. The Balaban J connectivity index is 2.64. The van der Waals surface area contributed by atoms with Crippen molar-refractivity contribution >= 4 is 31.9 Å². The zero-order valence-electron chi connectivity index (χ0n) is 12.6. The van der Waals surface area contributed by atoms with Crippen molar-refractivity contribution in [2.24, 2.45) is 0 Å². The summed E-state index contributed by atoms with van der Waals surface area (Å²) >= 11 is 7.21. The van der Waals surface area contributed by atoms with E-state index in [9.17, 15) is 0 Å². The predicted molar refractivity (Wildman–Crippen MR) is 95.2 cm³/mol. The number of hydrogen-bond acceptors (Lipinski definition) is 2. The molecule has 0 saturated heterocycles. The van der Waals surface area contributed by atoms with Crippen LogP contribution in [0.5, 0.6) is 5.75 Å². The smallest absolute Gasteiger partial charge is 0.124 e.